The van der Waals surface area contributed by atoms with E-state index in [0.717, 1.165) is 6.42 Å². The highest BCUT2D eigenvalue weighted by atomic mass is 32.1. The first kappa shape index (κ1) is 17.6. The predicted molar refractivity (Wildman–Crippen MR) is 83.3 cm³/mol. The molecule has 0 aliphatic carbocycles. The van der Waals surface area contributed by atoms with Crippen molar-refractivity contribution in [3.05, 3.63) is 11.6 Å². The lowest BCUT2D eigenvalue weighted by Crippen LogP contribution is -2.41. The number of anilines is 1. The van der Waals surface area contributed by atoms with Gasteiger partial charge in [-0.05, 0) is 13.3 Å². The van der Waals surface area contributed by atoms with E-state index in [1.165, 1.54) is 11.3 Å². The normalized spacial score (nSPS) is 10.7. The highest BCUT2D eigenvalue weighted by Gasteiger charge is 2.19. The van der Waals surface area contributed by atoms with Crippen LogP contribution >= 0.6 is 11.3 Å². The highest BCUT2D eigenvalue weighted by molar-refractivity contribution is 7.13. The fourth-order valence-corrected chi connectivity index (χ4v) is 2.30. The van der Waals surface area contributed by atoms with E-state index >= 15 is 0 Å². The second-order valence-corrected chi connectivity index (χ2v) is 5.74. The van der Waals surface area contributed by atoms with Gasteiger partial charge in [-0.15, -0.1) is 11.3 Å². The molecule has 1 aromatic heterocycles. The summed E-state index contributed by atoms with van der Waals surface area (Å²) in [7, 11) is 0. The van der Waals surface area contributed by atoms with Crippen molar-refractivity contribution >= 4 is 28.3 Å². The van der Waals surface area contributed by atoms with Crippen molar-refractivity contribution in [3.8, 4) is 0 Å². The van der Waals surface area contributed by atoms with Gasteiger partial charge in [-0.25, -0.2) is 4.98 Å². The van der Waals surface area contributed by atoms with Gasteiger partial charge in [0.25, 0.3) is 0 Å². The van der Waals surface area contributed by atoms with E-state index in [-0.39, 0.29) is 24.3 Å². The maximum absolute atomic E-state index is 12.1. The van der Waals surface area contributed by atoms with Crippen molar-refractivity contribution in [2.24, 2.45) is 5.92 Å². The van der Waals surface area contributed by atoms with Crippen LogP contribution in [-0.4, -0.2) is 48.0 Å². The molecule has 0 saturated heterocycles. The van der Waals surface area contributed by atoms with Crippen LogP contribution in [-0.2, 0) is 14.3 Å². The van der Waals surface area contributed by atoms with Gasteiger partial charge in [-0.3, -0.25) is 9.59 Å². The maximum Gasteiger partial charge on any atom is 0.245 e. The van der Waals surface area contributed by atoms with Crippen molar-refractivity contribution < 1.29 is 14.3 Å². The van der Waals surface area contributed by atoms with Gasteiger partial charge in [-0.2, -0.15) is 0 Å². The molecule has 0 bridgehead atoms. The molecule has 1 N–H and O–H groups in total. The topological polar surface area (TPSA) is 71.5 Å². The Balaban J connectivity index is 2.50. The summed E-state index contributed by atoms with van der Waals surface area (Å²) in [6, 6.07) is 0. The molecule has 0 fully saturated rings. The molecular formula is C14H23N3O3S. The quantitative estimate of drug-likeness (QED) is 0.708. The van der Waals surface area contributed by atoms with E-state index in [0.29, 0.717) is 24.9 Å². The van der Waals surface area contributed by atoms with Crippen molar-refractivity contribution in [2.75, 3.05) is 31.6 Å². The zero-order chi connectivity index (χ0) is 15.7. The summed E-state index contributed by atoms with van der Waals surface area (Å²) in [4.78, 5) is 29.7. The number of thiazole rings is 1. The Bertz CT molecular complexity index is 435. The Morgan fingerprint density at radius 2 is 2.24 bits per heavy atom. The van der Waals surface area contributed by atoms with Crippen LogP contribution in [0.4, 0.5) is 5.13 Å². The average molecular weight is 313 g/mol. The number of aromatic nitrogens is 1. The molecule has 0 atom stereocenters. The Labute approximate surface area is 129 Å². The van der Waals surface area contributed by atoms with Crippen LogP contribution in [0.3, 0.4) is 0 Å². The number of carbonyl (C=O) groups excluding carboxylic acids is 2. The van der Waals surface area contributed by atoms with Crippen LogP contribution in [0.25, 0.3) is 0 Å². The van der Waals surface area contributed by atoms with Crippen LogP contribution < -0.4 is 5.32 Å². The monoisotopic (exact) mass is 313 g/mol. The van der Waals surface area contributed by atoms with Gasteiger partial charge in [0.05, 0.1) is 6.54 Å². The molecule has 6 nitrogen and oxygen atoms in total. The van der Waals surface area contributed by atoms with E-state index in [1.807, 2.05) is 20.8 Å². The van der Waals surface area contributed by atoms with Crippen molar-refractivity contribution in [3.63, 3.8) is 0 Å². The number of rotatable bonds is 9. The zero-order valence-corrected chi connectivity index (χ0v) is 13.6. The van der Waals surface area contributed by atoms with Gasteiger partial charge in [0, 0.05) is 37.3 Å². The number of nitrogens with one attached hydrogen (secondary N) is 1. The smallest absolute Gasteiger partial charge is 0.245 e. The fourth-order valence-electron chi connectivity index (χ4n) is 1.75. The molecule has 0 aliphatic rings. The first-order valence-electron chi connectivity index (χ1n) is 7.10. The zero-order valence-electron chi connectivity index (χ0n) is 12.8. The van der Waals surface area contributed by atoms with E-state index in [2.05, 4.69) is 10.3 Å². The number of nitrogens with zero attached hydrogens (tertiary/aromatic N) is 2. The third-order valence-electron chi connectivity index (χ3n) is 2.74. The summed E-state index contributed by atoms with van der Waals surface area (Å²) < 4.78 is 5.27. The van der Waals surface area contributed by atoms with Gasteiger partial charge in [0.1, 0.15) is 0 Å². The van der Waals surface area contributed by atoms with E-state index < -0.39 is 0 Å². The molecule has 0 aromatic carbocycles. The molecule has 0 saturated carbocycles. The lowest BCUT2D eigenvalue weighted by molar-refractivity contribution is -0.137. The molecule has 0 unspecified atom stereocenters. The van der Waals surface area contributed by atoms with E-state index in [1.54, 1.807) is 16.5 Å². The first-order valence-corrected chi connectivity index (χ1v) is 7.98. The number of ether oxygens (including phenoxy) is 1. The number of amides is 2. The molecule has 0 spiro atoms. The Morgan fingerprint density at radius 1 is 1.48 bits per heavy atom. The van der Waals surface area contributed by atoms with Gasteiger partial charge < -0.3 is 15.0 Å². The molecule has 1 rings (SSSR count). The minimum Gasteiger partial charge on any atom is -0.382 e. The van der Waals surface area contributed by atoms with Gasteiger partial charge in [0.15, 0.2) is 5.13 Å². The fraction of sp³-hybridized carbons (Fsp3) is 0.643. The minimum absolute atomic E-state index is 0.0270. The lowest BCUT2D eigenvalue weighted by Gasteiger charge is -2.23. The minimum atomic E-state index is -0.227. The average Bonchev–Trinajstić information content (AvgIpc) is 2.94. The Morgan fingerprint density at radius 3 is 2.81 bits per heavy atom. The third-order valence-corrected chi connectivity index (χ3v) is 3.43. The SMILES string of the molecule is CCOCCCN(CC(=O)Nc1nccs1)C(=O)C(C)C. The standard InChI is InChI=1S/C14H23N3O3S/c1-4-20-8-5-7-17(13(19)11(2)3)10-12(18)16-14-15-6-9-21-14/h6,9,11H,4-5,7-8,10H2,1-3H3,(H,15,16,18). The molecule has 1 aromatic rings. The lowest BCUT2D eigenvalue weighted by atomic mass is 10.2. The summed E-state index contributed by atoms with van der Waals surface area (Å²) in [6.45, 7) is 7.39. The largest absolute Gasteiger partial charge is 0.382 e. The molecule has 1 heterocycles. The molecular weight excluding hydrogens is 290 g/mol. The van der Waals surface area contributed by atoms with Crippen molar-refractivity contribution in [1.29, 1.82) is 0 Å². The summed E-state index contributed by atoms with van der Waals surface area (Å²) >= 11 is 1.35. The van der Waals surface area contributed by atoms with Crippen molar-refractivity contribution in [2.45, 2.75) is 27.2 Å². The third kappa shape index (κ3) is 6.68. The van der Waals surface area contributed by atoms with E-state index in [4.69, 9.17) is 4.74 Å². The maximum atomic E-state index is 12.1. The first-order chi connectivity index (χ1) is 10.0. The van der Waals surface area contributed by atoms with Gasteiger partial charge in [0.2, 0.25) is 11.8 Å². The number of hydrogen-bond donors (Lipinski definition) is 1. The molecule has 7 heteroatoms. The van der Waals surface area contributed by atoms with Crippen LogP contribution in [0.5, 0.6) is 0 Å². The predicted octanol–water partition coefficient (Wildman–Crippen LogP) is 1.99. The van der Waals surface area contributed by atoms with Gasteiger partial charge >= 0.3 is 0 Å². The van der Waals surface area contributed by atoms with Crippen LogP contribution in [0.1, 0.15) is 27.2 Å². The van der Waals surface area contributed by atoms with Crippen molar-refractivity contribution in [1.82, 2.24) is 9.88 Å². The van der Waals surface area contributed by atoms with Crippen LogP contribution in [0.2, 0.25) is 0 Å². The molecule has 2 amide bonds. The number of carbonyl (C=O) groups is 2. The summed E-state index contributed by atoms with van der Waals surface area (Å²) in [5, 5.41) is 5.03. The van der Waals surface area contributed by atoms with Gasteiger partial charge in [-0.1, -0.05) is 13.8 Å². The molecule has 0 aliphatic heterocycles. The second kappa shape index (κ2) is 9.46. The van der Waals surface area contributed by atoms with Crippen LogP contribution in [0.15, 0.2) is 11.6 Å². The molecule has 21 heavy (non-hydrogen) atoms. The Hall–Kier alpha value is -1.47. The van der Waals surface area contributed by atoms with E-state index in [9.17, 15) is 9.59 Å². The molecule has 118 valence electrons. The number of hydrogen-bond acceptors (Lipinski definition) is 5. The second-order valence-electron chi connectivity index (χ2n) is 4.85. The molecule has 0 radical (unpaired) electrons. The Kier molecular flexibility index (Phi) is 7.92. The summed E-state index contributed by atoms with van der Waals surface area (Å²) in [6.07, 6.45) is 2.34. The summed E-state index contributed by atoms with van der Waals surface area (Å²) in [5.74, 6) is -0.388. The summed E-state index contributed by atoms with van der Waals surface area (Å²) in [5.41, 5.74) is 0. The highest BCUT2D eigenvalue weighted by Crippen LogP contribution is 2.10. The van der Waals surface area contributed by atoms with Crippen LogP contribution in [0, 0.1) is 5.92 Å².